The van der Waals surface area contributed by atoms with Crippen molar-refractivity contribution in [2.24, 2.45) is 0 Å². The summed E-state index contributed by atoms with van der Waals surface area (Å²) in [6, 6.07) is 6.15. The van der Waals surface area contributed by atoms with E-state index in [1.54, 1.807) is 12.1 Å². The molecule has 1 aliphatic rings. The number of nitrogens with one attached hydrogen (secondary N) is 1. The Kier molecular flexibility index (Phi) is 1.82. The fraction of sp³-hybridized carbons (Fsp3) is 0.182. The molecular formula is C11H9FN2O. The smallest absolute Gasteiger partial charge is 0.226 e. The van der Waals surface area contributed by atoms with E-state index in [0.717, 1.165) is 30.1 Å². The van der Waals surface area contributed by atoms with Crippen LogP contribution in [0.2, 0.25) is 0 Å². The maximum Gasteiger partial charge on any atom is 0.226 e. The average molecular weight is 204 g/mol. The summed E-state index contributed by atoms with van der Waals surface area (Å²) in [5.74, 6) is 1.20. The minimum Gasteiger partial charge on any atom is -0.439 e. The lowest BCUT2D eigenvalue weighted by molar-refractivity contribution is 0.511. The zero-order valence-corrected chi connectivity index (χ0v) is 7.96. The van der Waals surface area contributed by atoms with Gasteiger partial charge in [-0.1, -0.05) is 0 Å². The minimum absolute atomic E-state index is 0.250. The summed E-state index contributed by atoms with van der Waals surface area (Å²) in [5.41, 5.74) is 1.76. The molecule has 0 unspecified atom stereocenters. The number of benzene rings is 1. The van der Waals surface area contributed by atoms with Crippen molar-refractivity contribution in [3.05, 3.63) is 41.5 Å². The highest BCUT2D eigenvalue weighted by Crippen LogP contribution is 2.24. The Bertz CT molecular complexity index is 468. The van der Waals surface area contributed by atoms with E-state index in [1.165, 1.54) is 12.1 Å². The van der Waals surface area contributed by atoms with Crippen LogP contribution in [0.1, 0.15) is 11.5 Å². The maximum atomic E-state index is 12.7. The van der Waals surface area contributed by atoms with Crippen molar-refractivity contribution in [3.63, 3.8) is 0 Å². The van der Waals surface area contributed by atoms with E-state index in [0.29, 0.717) is 5.89 Å². The molecule has 76 valence electrons. The zero-order chi connectivity index (χ0) is 10.3. The van der Waals surface area contributed by atoms with Gasteiger partial charge < -0.3 is 9.73 Å². The number of oxazole rings is 1. The van der Waals surface area contributed by atoms with Crippen LogP contribution in [-0.2, 0) is 13.1 Å². The molecule has 0 amide bonds. The second-order valence-corrected chi connectivity index (χ2v) is 3.50. The Morgan fingerprint density at radius 2 is 2.00 bits per heavy atom. The highest BCUT2D eigenvalue weighted by molar-refractivity contribution is 5.53. The van der Waals surface area contributed by atoms with E-state index in [2.05, 4.69) is 10.3 Å². The fourth-order valence-electron chi connectivity index (χ4n) is 1.67. The van der Waals surface area contributed by atoms with Gasteiger partial charge in [0, 0.05) is 12.1 Å². The van der Waals surface area contributed by atoms with Crippen molar-refractivity contribution in [2.45, 2.75) is 13.1 Å². The van der Waals surface area contributed by atoms with Crippen LogP contribution in [-0.4, -0.2) is 4.98 Å². The van der Waals surface area contributed by atoms with E-state index >= 15 is 0 Å². The van der Waals surface area contributed by atoms with Gasteiger partial charge in [0.25, 0.3) is 0 Å². The lowest BCUT2D eigenvalue weighted by Gasteiger charge is -1.95. The van der Waals surface area contributed by atoms with Crippen LogP contribution >= 0.6 is 0 Å². The predicted molar refractivity (Wildman–Crippen MR) is 52.4 cm³/mol. The second-order valence-electron chi connectivity index (χ2n) is 3.50. The Morgan fingerprint density at radius 3 is 2.73 bits per heavy atom. The van der Waals surface area contributed by atoms with E-state index in [4.69, 9.17) is 4.42 Å². The van der Waals surface area contributed by atoms with Crippen LogP contribution in [0.3, 0.4) is 0 Å². The SMILES string of the molecule is Fc1ccc(-c2nc3c(o2)CNC3)cc1. The lowest BCUT2D eigenvalue weighted by Crippen LogP contribution is -2.01. The fourth-order valence-corrected chi connectivity index (χ4v) is 1.67. The first-order valence-corrected chi connectivity index (χ1v) is 4.78. The van der Waals surface area contributed by atoms with Gasteiger partial charge in [0.15, 0.2) is 0 Å². The number of nitrogens with zero attached hydrogens (tertiary/aromatic N) is 1. The molecule has 2 aromatic rings. The molecular weight excluding hydrogens is 195 g/mol. The standard InChI is InChI=1S/C11H9FN2O/c12-8-3-1-7(2-4-8)11-14-9-5-13-6-10(9)15-11/h1-4,13H,5-6H2. The van der Waals surface area contributed by atoms with Crippen LogP contribution in [0.15, 0.2) is 28.7 Å². The van der Waals surface area contributed by atoms with Crippen LogP contribution in [0.4, 0.5) is 4.39 Å². The molecule has 1 N–H and O–H groups in total. The summed E-state index contributed by atoms with van der Waals surface area (Å²) in [5, 5.41) is 3.14. The number of hydrogen-bond donors (Lipinski definition) is 1. The summed E-state index contributed by atoms with van der Waals surface area (Å²) < 4.78 is 18.3. The molecule has 1 aromatic carbocycles. The molecule has 0 spiro atoms. The third kappa shape index (κ3) is 1.43. The summed E-state index contributed by atoms with van der Waals surface area (Å²) in [6.45, 7) is 1.48. The molecule has 1 aromatic heterocycles. The predicted octanol–water partition coefficient (Wildman–Crippen LogP) is 2.08. The van der Waals surface area contributed by atoms with Crippen molar-refractivity contribution in [3.8, 4) is 11.5 Å². The molecule has 0 saturated carbocycles. The largest absolute Gasteiger partial charge is 0.439 e. The lowest BCUT2D eigenvalue weighted by atomic mass is 10.2. The summed E-state index contributed by atoms with van der Waals surface area (Å²) in [7, 11) is 0. The number of aromatic nitrogens is 1. The van der Waals surface area contributed by atoms with Gasteiger partial charge in [-0.25, -0.2) is 9.37 Å². The first-order chi connectivity index (χ1) is 7.33. The van der Waals surface area contributed by atoms with Crippen molar-refractivity contribution in [1.29, 1.82) is 0 Å². The molecule has 0 aliphatic carbocycles. The van der Waals surface area contributed by atoms with Crippen LogP contribution < -0.4 is 5.32 Å². The molecule has 0 bridgehead atoms. The number of fused-ring (bicyclic) bond motifs is 1. The van der Waals surface area contributed by atoms with Gasteiger partial charge in [-0.3, -0.25) is 0 Å². The van der Waals surface area contributed by atoms with E-state index < -0.39 is 0 Å². The average Bonchev–Trinajstić information content (AvgIpc) is 2.78. The Labute approximate surface area is 85.9 Å². The molecule has 3 nitrogen and oxygen atoms in total. The van der Waals surface area contributed by atoms with Gasteiger partial charge in [0.2, 0.25) is 5.89 Å². The van der Waals surface area contributed by atoms with Gasteiger partial charge in [0.05, 0.1) is 12.2 Å². The first-order valence-electron chi connectivity index (χ1n) is 4.78. The van der Waals surface area contributed by atoms with Crippen molar-refractivity contribution in [1.82, 2.24) is 10.3 Å². The van der Waals surface area contributed by atoms with E-state index in [-0.39, 0.29) is 5.82 Å². The van der Waals surface area contributed by atoms with Gasteiger partial charge in [-0.15, -0.1) is 0 Å². The molecule has 0 atom stereocenters. The molecule has 15 heavy (non-hydrogen) atoms. The van der Waals surface area contributed by atoms with Gasteiger partial charge in [0.1, 0.15) is 11.6 Å². The van der Waals surface area contributed by atoms with Crippen molar-refractivity contribution >= 4 is 0 Å². The van der Waals surface area contributed by atoms with E-state index in [9.17, 15) is 4.39 Å². The number of halogens is 1. The highest BCUT2D eigenvalue weighted by atomic mass is 19.1. The third-order valence-corrected chi connectivity index (χ3v) is 2.45. The molecule has 3 rings (SSSR count). The highest BCUT2D eigenvalue weighted by Gasteiger charge is 2.18. The zero-order valence-electron chi connectivity index (χ0n) is 7.96. The van der Waals surface area contributed by atoms with Crippen LogP contribution in [0, 0.1) is 5.82 Å². The minimum atomic E-state index is -0.250. The molecule has 0 fully saturated rings. The Balaban J connectivity index is 2.02. The number of rotatable bonds is 1. The molecule has 0 radical (unpaired) electrons. The van der Waals surface area contributed by atoms with Gasteiger partial charge in [-0.2, -0.15) is 0 Å². The third-order valence-electron chi connectivity index (χ3n) is 2.45. The van der Waals surface area contributed by atoms with Gasteiger partial charge in [-0.05, 0) is 24.3 Å². The number of hydrogen-bond acceptors (Lipinski definition) is 3. The normalized spacial score (nSPS) is 14.2. The molecule has 4 heteroatoms. The first kappa shape index (κ1) is 8.61. The molecule has 1 aliphatic heterocycles. The summed E-state index contributed by atoms with van der Waals surface area (Å²) in [4.78, 5) is 4.34. The van der Waals surface area contributed by atoms with Crippen LogP contribution in [0.25, 0.3) is 11.5 Å². The Morgan fingerprint density at radius 1 is 1.20 bits per heavy atom. The Hall–Kier alpha value is -1.68. The van der Waals surface area contributed by atoms with E-state index in [1.807, 2.05) is 0 Å². The second kappa shape index (κ2) is 3.17. The van der Waals surface area contributed by atoms with Crippen LogP contribution in [0.5, 0.6) is 0 Å². The summed E-state index contributed by atoms with van der Waals surface area (Å²) in [6.07, 6.45) is 0. The maximum absolute atomic E-state index is 12.7. The quantitative estimate of drug-likeness (QED) is 0.772. The van der Waals surface area contributed by atoms with Crippen molar-refractivity contribution in [2.75, 3.05) is 0 Å². The summed E-state index contributed by atoms with van der Waals surface area (Å²) >= 11 is 0. The monoisotopic (exact) mass is 204 g/mol. The molecule has 2 heterocycles. The topological polar surface area (TPSA) is 38.1 Å². The van der Waals surface area contributed by atoms with Crippen molar-refractivity contribution < 1.29 is 8.81 Å². The van der Waals surface area contributed by atoms with Gasteiger partial charge >= 0.3 is 0 Å². The molecule has 0 saturated heterocycles.